The van der Waals surface area contributed by atoms with E-state index in [2.05, 4.69) is 5.32 Å². The number of carboxylic acids is 1. The van der Waals surface area contributed by atoms with Gasteiger partial charge < -0.3 is 19.7 Å². The summed E-state index contributed by atoms with van der Waals surface area (Å²) in [4.78, 5) is 24.9. The zero-order chi connectivity index (χ0) is 23.2. The molecule has 1 atom stereocenters. The minimum atomic E-state index is -0.840. The molecule has 1 aromatic heterocycles. The van der Waals surface area contributed by atoms with Gasteiger partial charge in [-0.3, -0.25) is 9.59 Å². The molecule has 4 rings (SSSR count). The van der Waals surface area contributed by atoms with Gasteiger partial charge in [-0.05, 0) is 41.7 Å². The summed E-state index contributed by atoms with van der Waals surface area (Å²) < 4.78 is 7.31. The normalized spacial score (nSPS) is 16.1. The number of aryl methyl sites for hydroxylation is 2. The molecule has 1 unspecified atom stereocenters. The summed E-state index contributed by atoms with van der Waals surface area (Å²) in [5.74, 6) is -1.65. The van der Waals surface area contributed by atoms with E-state index >= 15 is 0 Å². The quantitative estimate of drug-likeness (QED) is 0.569. The Morgan fingerprint density at radius 1 is 1.16 bits per heavy atom. The molecule has 1 amide bonds. The molecule has 0 saturated carbocycles. The number of carboxylic acid groups (broad SMARTS) is 1. The summed E-state index contributed by atoms with van der Waals surface area (Å²) in [5, 5.41) is 14.2. The van der Waals surface area contributed by atoms with Gasteiger partial charge in [-0.2, -0.15) is 0 Å². The lowest BCUT2D eigenvalue weighted by Gasteiger charge is -2.42. The maximum absolute atomic E-state index is 13.3. The topological polar surface area (TPSA) is 80.6 Å². The molecular formula is C25H27ClN2O4. The van der Waals surface area contributed by atoms with Crippen molar-refractivity contribution in [3.05, 3.63) is 69.9 Å². The predicted octanol–water partition coefficient (Wildman–Crippen LogP) is 4.62. The highest BCUT2D eigenvalue weighted by atomic mass is 35.5. The zero-order valence-corrected chi connectivity index (χ0v) is 19.4. The van der Waals surface area contributed by atoms with E-state index in [1.54, 1.807) is 0 Å². The Morgan fingerprint density at radius 2 is 1.81 bits per heavy atom. The number of hydrogen-bond donors (Lipinski definition) is 2. The Kier molecular flexibility index (Phi) is 5.77. The molecule has 3 aromatic rings. The number of ether oxygens (including phenoxy) is 1. The Balaban J connectivity index is 1.63. The number of nitrogens with one attached hydrogen (secondary N) is 1. The molecule has 2 aromatic carbocycles. The molecule has 168 valence electrons. The van der Waals surface area contributed by atoms with Crippen LogP contribution in [0.15, 0.2) is 42.5 Å². The molecule has 1 fully saturated rings. The number of carbonyl (C=O) groups excluding carboxylic acids is 1. The van der Waals surface area contributed by atoms with Crippen LogP contribution in [0.25, 0.3) is 10.9 Å². The Bertz CT molecular complexity index is 1190. The van der Waals surface area contributed by atoms with Crippen molar-refractivity contribution in [2.75, 3.05) is 13.2 Å². The largest absolute Gasteiger partial charge is 0.481 e. The number of aliphatic carboxylic acids is 1. The number of hydrogen-bond acceptors (Lipinski definition) is 3. The minimum Gasteiger partial charge on any atom is -0.481 e. The standard InChI is InChI=1S/C25H27ClN2O4/c1-14(2)21(24(30)31)16-6-8-17(9-7-16)25(12-32-13-25)27-23(29)20-11-18-19(28(20)4)10-5-15(3)22(18)26/h5-11,14,21H,12-13H2,1-4H3,(H,27,29)(H,30,31). The lowest BCUT2D eigenvalue weighted by atomic mass is 9.84. The van der Waals surface area contributed by atoms with Gasteiger partial charge in [0, 0.05) is 18.0 Å². The van der Waals surface area contributed by atoms with Gasteiger partial charge in [-0.15, -0.1) is 0 Å². The Labute approximate surface area is 192 Å². The first-order chi connectivity index (χ1) is 15.1. The number of rotatable bonds is 6. The third kappa shape index (κ3) is 3.67. The van der Waals surface area contributed by atoms with Crippen molar-refractivity contribution < 1.29 is 19.4 Å². The van der Waals surface area contributed by atoms with E-state index in [9.17, 15) is 14.7 Å². The van der Waals surface area contributed by atoms with Crippen LogP contribution in [0.2, 0.25) is 5.02 Å². The van der Waals surface area contributed by atoms with Crippen LogP contribution >= 0.6 is 11.6 Å². The molecule has 32 heavy (non-hydrogen) atoms. The molecule has 0 spiro atoms. The maximum atomic E-state index is 13.3. The highest BCUT2D eigenvalue weighted by molar-refractivity contribution is 6.36. The average Bonchev–Trinajstić information content (AvgIpc) is 3.05. The summed E-state index contributed by atoms with van der Waals surface area (Å²) in [5.41, 5.74) is 3.35. The molecule has 0 radical (unpaired) electrons. The lowest BCUT2D eigenvalue weighted by Crippen LogP contribution is -2.59. The van der Waals surface area contributed by atoms with E-state index < -0.39 is 17.4 Å². The van der Waals surface area contributed by atoms with Gasteiger partial charge in [0.05, 0.1) is 24.2 Å². The fraction of sp³-hybridized carbons (Fsp3) is 0.360. The number of benzene rings is 2. The van der Waals surface area contributed by atoms with Crippen LogP contribution in [-0.2, 0) is 22.1 Å². The van der Waals surface area contributed by atoms with Crippen molar-refractivity contribution in [1.29, 1.82) is 0 Å². The summed E-state index contributed by atoms with van der Waals surface area (Å²) >= 11 is 6.46. The van der Waals surface area contributed by atoms with Crippen LogP contribution in [0.3, 0.4) is 0 Å². The molecule has 0 aliphatic carbocycles. The fourth-order valence-electron chi connectivity index (χ4n) is 4.42. The van der Waals surface area contributed by atoms with Gasteiger partial charge >= 0.3 is 5.97 Å². The Hall–Kier alpha value is -2.83. The second-order valence-corrected chi connectivity index (χ2v) is 9.31. The van der Waals surface area contributed by atoms with E-state index in [-0.39, 0.29) is 11.8 Å². The van der Waals surface area contributed by atoms with Gasteiger partial charge in [0.25, 0.3) is 5.91 Å². The third-order valence-electron chi connectivity index (χ3n) is 6.39. The highest BCUT2D eigenvalue weighted by Gasteiger charge is 2.42. The van der Waals surface area contributed by atoms with Crippen LogP contribution in [0.5, 0.6) is 0 Å². The monoisotopic (exact) mass is 454 g/mol. The van der Waals surface area contributed by atoms with Crippen LogP contribution in [0.1, 0.15) is 46.9 Å². The van der Waals surface area contributed by atoms with Gasteiger partial charge in [-0.1, -0.05) is 55.8 Å². The molecule has 1 aliphatic rings. The van der Waals surface area contributed by atoms with Gasteiger partial charge in [0.15, 0.2) is 0 Å². The van der Waals surface area contributed by atoms with Crippen molar-refractivity contribution in [3.8, 4) is 0 Å². The Morgan fingerprint density at radius 3 is 2.34 bits per heavy atom. The summed E-state index contributed by atoms with van der Waals surface area (Å²) in [7, 11) is 1.85. The second kappa shape index (κ2) is 8.26. The van der Waals surface area contributed by atoms with Crippen LogP contribution < -0.4 is 5.32 Å². The summed E-state index contributed by atoms with van der Waals surface area (Å²) in [6, 6.07) is 13.2. The first-order valence-electron chi connectivity index (χ1n) is 10.6. The number of carbonyl (C=O) groups is 2. The van der Waals surface area contributed by atoms with E-state index in [1.165, 1.54) is 0 Å². The number of aromatic nitrogens is 1. The molecule has 1 saturated heterocycles. The van der Waals surface area contributed by atoms with Crippen molar-refractivity contribution in [3.63, 3.8) is 0 Å². The number of nitrogens with zero attached hydrogens (tertiary/aromatic N) is 1. The minimum absolute atomic E-state index is 0.0269. The van der Waals surface area contributed by atoms with Crippen molar-refractivity contribution in [2.24, 2.45) is 13.0 Å². The van der Waals surface area contributed by atoms with Crippen LogP contribution in [-0.4, -0.2) is 34.8 Å². The van der Waals surface area contributed by atoms with E-state index in [4.69, 9.17) is 16.3 Å². The first-order valence-corrected chi connectivity index (χ1v) is 11.0. The molecule has 7 heteroatoms. The summed E-state index contributed by atoms with van der Waals surface area (Å²) in [6.45, 7) is 6.44. The van der Waals surface area contributed by atoms with Gasteiger partial charge in [0.2, 0.25) is 0 Å². The molecule has 0 bridgehead atoms. The lowest BCUT2D eigenvalue weighted by molar-refractivity contribution is -0.139. The maximum Gasteiger partial charge on any atom is 0.311 e. The number of amides is 1. The van der Waals surface area contributed by atoms with E-state index in [1.807, 2.05) is 74.9 Å². The van der Waals surface area contributed by atoms with Gasteiger partial charge in [-0.25, -0.2) is 0 Å². The summed E-state index contributed by atoms with van der Waals surface area (Å²) in [6.07, 6.45) is 0. The van der Waals surface area contributed by atoms with Crippen molar-refractivity contribution in [1.82, 2.24) is 9.88 Å². The first kappa shape index (κ1) is 22.4. The molecule has 2 heterocycles. The average molecular weight is 455 g/mol. The third-order valence-corrected chi connectivity index (χ3v) is 6.89. The molecular weight excluding hydrogens is 428 g/mol. The van der Waals surface area contributed by atoms with Crippen molar-refractivity contribution in [2.45, 2.75) is 32.2 Å². The SMILES string of the molecule is Cc1ccc2c(cc(C(=O)NC3(c4ccc(C(C(=O)O)C(C)C)cc4)COC3)n2C)c1Cl. The van der Waals surface area contributed by atoms with Crippen LogP contribution in [0.4, 0.5) is 0 Å². The molecule has 2 N–H and O–H groups in total. The van der Waals surface area contributed by atoms with E-state index in [0.717, 1.165) is 27.6 Å². The smallest absolute Gasteiger partial charge is 0.311 e. The molecule has 1 aliphatic heterocycles. The van der Waals surface area contributed by atoms with Crippen LogP contribution in [0, 0.1) is 12.8 Å². The zero-order valence-electron chi connectivity index (χ0n) is 18.6. The number of halogens is 1. The second-order valence-electron chi connectivity index (χ2n) is 8.93. The van der Waals surface area contributed by atoms with E-state index in [0.29, 0.717) is 23.9 Å². The fourth-order valence-corrected chi connectivity index (χ4v) is 4.64. The number of fused-ring (bicyclic) bond motifs is 1. The van der Waals surface area contributed by atoms with Gasteiger partial charge in [0.1, 0.15) is 11.2 Å². The predicted molar refractivity (Wildman–Crippen MR) is 124 cm³/mol. The van der Waals surface area contributed by atoms with Crippen molar-refractivity contribution >= 4 is 34.4 Å². The highest BCUT2D eigenvalue weighted by Crippen LogP contribution is 2.34. The molecule has 6 nitrogen and oxygen atoms in total.